The van der Waals surface area contributed by atoms with E-state index in [-0.39, 0.29) is 5.54 Å². The van der Waals surface area contributed by atoms with Crippen molar-refractivity contribution in [3.63, 3.8) is 0 Å². The van der Waals surface area contributed by atoms with Crippen LogP contribution in [0.5, 0.6) is 0 Å². The van der Waals surface area contributed by atoms with Crippen molar-refractivity contribution in [2.45, 2.75) is 45.1 Å². The van der Waals surface area contributed by atoms with E-state index in [0.29, 0.717) is 6.54 Å². The molecule has 5 nitrogen and oxygen atoms in total. The van der Waals surface area contributed by atoms with Gasteiger partial charge in [0, 0.05) is 19.1 Å². The SMILES string of the molecule is CCNCCCN(C)S(=O)(=O)NC1(C)CCC1. The lowest BCUT2D eigenvalue weighted by Crippen LogP contribution is -2.54. The van der Waals surface area contributed by atoms with Gasteiger partial charge < -0.3 is 5.32 Å². The fourth-order valence-electron chi connectivity index (χ4n) is 1.92. The molecule has 1 aliphatic carbocycles. The molecule has 102 valence electrons. The van der Waals surface area contributed by atoms with E-state index in [9.17, 15) is 8.42 Å². The molecule has 0 aromatic carbocycles. The Kier molecular flexibility index (Phi) is 5.37. The van der Waals surface area contributed by atoms with Gasteiger partial charge in [0.1, 0.15) is 0 Å². The maximum Gasteiger partial charge on any atom is 0.279 e. The van der Waals surface area contributed by atoms with Crippen molar-refractivity contribution in [1.29, 1.82) is 0 Å². The Balaban J connectivity index is 2.35. The van der Waals surface area contributed by atoms with Crippen molar-refractivity contribution >= 4 is 10.2 Å². The molecule has 1 aliphatic rings. The molecule has 0 heterocycles. The van der Waals surface area contributed by atoms with Crippen molar-refractivity contribution in [3.8, 4) is 0 Å². The summed E-state index contributed by atoms with van der Waals surface area (Å²) in [7, 11) is -1.68. The first-order chi connectivity index (χ1) is 7.90. The first-order valence-corrected chi connectivity index (χ1v) is 7.79. The molecule has 0 aromatic rings. The third-order valence-corrected chi connectivity index (χ3v) is 5.07. The van der Waals surface area contributed by atoms with Crippen LogP contribution in [0.25, 0.3) is 0 Å². The van der Waals surface area contributed by atoms with Crippen LogP contribution in [0, 0.1) is 0 Å². The van der Waals surface area contributed by atoms with Crippen molar-refractivity contribution in [2.24, 2.45) is 0 Å². The predicted octanol–water partition coefficient (Wildman–Crippen LogP) is 0.695. The van der Waals surface area contributed by atoms with Crippen LogP contribution in [0.2, 0.25) is 0 Å². The van der Waals surface area contributed by atoms with Crippen molar-refractivity contribution in [3.05, 3.63) is 0 Å². The van der Waals surface area contributed by atoms with Crippen LogP contribution in [0.3, 0.4) is 0 Å². The summed E-state index contributed by atoms with van der Waals surface area (Å²) in [5.41, 5.74) is -0.214. The highest BCUT2D eigenvalue weighted by Crippen LogP contribution is 2.31. The standard InChI is InChI=1S/C11H25N3O2S/c1-4-12-9-6-10-14(3)17(15,16)13-11(2)7-5-8-11/h12-13H,4-10H2,1-3H3. The second-order valence-electron chi connectivity index (χ2n) is 5.05. The van der Waals surface area contributed by atoms with Crippen LogP contribution in [0.15, 0.2) is 0 Å². The Morgan fingerprint density at radius 2 is 2.00 bits per heavy atom. The minimum absolute atomic E-state index is 0.214. The first-order valence-electron chi connectivity index (χ1n) is 6.35. The van der Waals surface area contributed by atoms with E-state index in [2.05, 4.69) is 10.0 Å². The van der Waals surface area contributed by atoms with Gasteiger partial charge in [0.2, 0.25) is 0 Å². The number of rotatable bonds is 8. The fourth-order valence-corrected chi connectivity index (χ4v) is 3.27. The van der Waals surface area contributed by atoms with Crippen molar-refractivity contribution in [2.75, 3.05) is 26.7 Å². The molecule has 0 amide bonds. The molecule has 1 fully saturated rings. The average molecular weight is 263 g/mol. The van der Waals surface area contributed by atoms with Gasteiger partial charge in [-0.3, -0.25) is 0 Å². The van der Waals surface area contributed by atoms with Gasteiger partial charge >= 0.3 is 0 Å². The Morgan fingerprint density at radius 3 is 2.47 bits per heavy atom. The topological polar surface area (TPSA) is 61.4 Å². The van der Waals surface area contributed by atoms with Crippen LogP contribution in [-0.2, 0) is 10.2 Å². The van der Waals surface area contributed by atoms with Gasteiger partial charge in [-0.15, -0.1) is 0 Å². The molecule has 1 rings (SSSR count). The second-order valence-corrected chi connectivity index (χ2v) is 6.83. The molecule has 0 unspecified atom stereocenters. The van der Waals surface area contributed by atoms with Crippen LogP contribution in [0.1, 0.15) is 39.5 Å². The zero-order valence-corrected chi connectivity index (χ0v) is 11.9. The summed E-state index contributed by atoms with van der Waals surface area (Å²) in [5.74, 6) is 0. The van der Waals surface area contributed by atoms with E-state index >= 15 is 0 Å². The number of nitrogens with zero attached hydrogens (tertiary/aromatic N) is 1. The lowest BCUT2D eigenvalue weighted by Gasteiger charge is -2.39. The lowest BCUT2D eigenvalue weighted by atomic mass is 9.80. The largest absolute Gasteiger partial charge is 0.317 e. The van der Waals surface area contributed by atoms with Gasteiger partial charge in [-0.2, -0.15) is 17.4 Å². The van der Waals surface area contributed by atoms with E-state index in [0.717, 1.165) is 38.8 Å². The van der Waals surface area contributed by atoms with E-state index in [4.69, 9.17) is 0 Å². The van der Waals surface area contributed by atoms with Gasteiger partial charge in [-0.05, 0) is 45.7 Å². The molecular weight excluding hydrogens is 238 g/mol. The van der Waals surface area contributed by atoms with Gasteiger partial charge in [0.25, 0.3) is 10.2 Å². The van der Waals surface area contributed by atoms with E-state index < -0.39 is 10.2 Å². The quantitative estimate of drug-likeness (QED) is 0.634. The smallest absolute Gasteiger partial charge is 0.279 e. The Labute approximate surface area is 105 Å². The van der Waals surface area contributed by atoms with Crippen molar-refractivity contribution in [1.82, 2.24) is 14.3 Å². The number of nitrogens with one attached hydrogen (secondary N) is 2. The van der Waals surface area contributed by atoms with Crippen LogP contribution >= 0.6 is 0 Å². The fraction of sp³-hybridized carbons (Fsp3) is 1.00. The van der Waals surface area contributed by atoms with Crippen LogP contribution < -0.4 is 10.0 Å². The molecule has 0 bridgehead atoms. The predicted molar refractivity (Wildman–Crippen MR) is 70.1 cm³/mol. The minimum Gasteiger partial charge on any atom is -0.317 e. The summed E-state index contributed by atoms with van der Waals surface area (Å²) in [4.78, 5) is 0. The second kappa shape index (κ2) is 6.13. The molecule has 0 atom stereocenters. The maximum atomic E-state index is 12.0. The van der Waals surface area contributed by atoms with E-state index in [1.165, 1.54) is 4.31 Å². The van der Waals surface area contributed by atoms with Gasteiger partial charge in [-0.25, -0.2) is 0 Å². The molecular formula is C11H25N3O2S. The highest BCUT2D eigenvalue weighted by molar-refractivity contribution is 7.87. The monoisotopic (exact) mass is 263 g/mol. The average Bonchev–Trinajstić information content (AvgIpc) is 2.21. The molecule has 0 aliphatic heterocycles. The first kappa shape index (κ1) is 14.9. The molecule has 6 heteroatoms. The summed E-state index contributed by atoms with van der Waals surface area (Å²) < 4.78 is 28.2. The van der Waals surface area contributed by atoms with Crippen LogP contribution in [-0.4, -0.2) is 44.9 Å². The summed E-state index contributed by atoms with van der Waals surface area (Å²) >= 11 is 0. The molecule has 17 heavy (non-hydrogen) atoms. The minimum atomic E-state index is -3.31. The third kappa shape index (κ3) is 4.54. The van der Waals surface area contributed by atoms with E-state index in [1.807, 2.05) is 13.8 Å². The Hall–Kier alpha value is -0.170. The number of hydrogen-bond acceptors (Lipinski definition) is 3. The zero-order valence-electron chi connectivity index (χ0n) is 11.1. The molecule has 2 N–H and O–H groups in total. The number of hydrogen-bond donors (Lipinski definition) is 2. The highest BCUT2D eigenvalue weighted by atomic mass is 32.2. The molecule has 0 saturated heterocycles. The van der Waals surface area contributed by atoms with Crippen molar-refractivity contribution < 1.29 is 8.42 Å². The Morgan fingerprint density at radius 1 is 1.35 bits per heavy atom. The summed E-state index contributed by atoms with van der Waals surface area (Å²) in [6.07, 6.45) is 3.83. The summed E-state index contributed by atoms with van der Waals surface area (Å²) in [6.45, 7) is 6.35. The molecule has 0 aromatic heterocycles. The molecule has 1 saturated carbocycles. The van der Waals surface area contributed by atoms with E-state index in [1.54, 1.807) is 7.05 Å². The molecule has 0 radical (unpaired) electrons. The van der Waals surface area contributed by atoms with Gasteiger partial charge in [0.15, 0.2) is 0 Å². The normalized spacial score (nSPS) is 19.3. The zero-order chi connectivity index (χ0) is 12.9. The van der Waals surface area contributed by atoms with Crippen LogP contribution in [0.4, 0.5) is 0 Å². The summed E-state index contributed by atoms with van der Waals surface area (Å²) in [5, 5.41) is 3.18. The Bertz CT molecular complexity index is 326. The maximum absolute atomic E-state index is 12.0. The highest BCUT2D eigenvalue weighted by Gasteiger charge is 2.36. The molecule has 0 spiro atoms. The summed E-state index contributed by atoms with van der Waals surface area (Å²) in [6, 6.07) is 0. The van der Waals surface area contributed by atoms with Gasteiger partial charge in [-0.1, -0.05) is 6.92 Å². The third-order valence-electron chi connectivity index (χ3n) is 3.32. The lowest BCUT2D eigenvalue weighted by molar-refractivity contribution is 0.242. The van der Waals surface area contributed by atoms with Gasteiger partial charge in [0.05, 0.1) is 0 Å².